The molecule has 2 aliphatic rings. The number of imidazole rings is 1. The second-order valence-electron chi connectivity index (χ2n) is 10.2. The topological polar surface area (TPSA) is 127 Å². The van der Waals surface area contributed by atoms with Crippen molar-refractivity contribution in [2.75, 3.05) is 31.7 Å². The Balaban J connectivity index is 1.00. The Morgan fingerprint density at radius 2 is 2.05 bits per heavy atom. The number of hydrogen-bond donors (Lipinski definition) is 1. The van der Waals surface area contributed by atoms with Crippen molar-refractivity contribution in [2.24, 2.45) is 0 Å². The molecule has 42 heavy (non-hydrogen) atoms. The number of likely N-dealkylation sites (tertiary alicyclic amines) is 1. The molecule has 0 radical (unpaired) electrons. The van der Waals surface area contributed by atoms with Crippen molar-refractivity contribution in [3.8, 4) is 11.9 Å². The molecule has 4 aromatic rings. The number of halogens is 2. The van der Waals surface area contributed by atoms with Crippen LogP contribution < -0.4 is 10.1 Å². The van der Waals surface area contributed by atoms with Gasteiger partial charge in [0.2, 0.25) is 11.8 Å². The van der Waals surface area contributed by atoms with Gasteiger partial charge in [-0.3, -0.25) is 4.90 Å². The number of nitrogens with one attached hydrogen (secondary N) is 1. The average Bonchev–Trinajstić information content (AvgIpc) is 3.60. The lowest BCUT2D eigenvalue weighted by molar-refractivity contribution is -0.0586. The van der Waals surface area contributed by atoms with Crippen molar-refractivity contribution >= 4 is 23.0 Å². The monoisotopic (exact) mass is 575 g/mol. The van der Waals surface area contributed by atoms with E-state index in [1.807, 2.05) is 15.5 Å². The number of ether oxygens (including phenoxy) is 3. The van der Waals surface area contributed by atoms with Crippen LogP contribution in [0.3, 0.4) is 0 Å². The van der Waals surface area contributed by atoms with Crippen LogP contribution in [0.1, 0.15) is 34.3 Å². The minimum absolute atomic E-state index is 0.0718. The SMILES string of the molecule is N#Cc1ccc(COc2nc(N[C@@H]3CCN(COC(=O)c4ccc5ncn(C[C@@H]6CCO6)c5c4)C3)ncc2F)c(F)c1. The van der Waals surface area contributed by atoms with Crippen LogP contribution in [0.5, 0.6) is 5.88 Å². The minimum atomic E-state index is -0.785. The van der Waals surface area contributed by atoms with Gasteiger partial charge in [-0.2, -0.15) is 14.6 Å². The van der Waals surface area contributed by atoms with Crippen LogP contribution in [-0.2, 0) is 22.6 Å². The van der Waals surface area contributed by atoms with E-state index in [0.29, 0.717) is 25.2 Å². The maximum absolute atomic E-state index is 14.3. The lowest BCUT2D eigenvalue weighted by Crippen LogP contribution is -2.31. The molecule has 2 fully saturated rings. The van der Waals surface area contributed by atoms with Crippen LogP contribution in [0.4, 0.5) is 14.7 Å². The second-order valence-corrected chi connectivity index (χ2v) is 10.2. The summed E-state index contributed by atoms with van der Waals surface area (Å²) < 4.78 is 46.9. The lowest BCUT2D eigenvalue weighted by Gasteiger charge is -2.26. The molecular formula is C29H27F2N7O4. The first-order valence-electron chi connectivity index (χ1n) is 13.5. The summed E-state index contributed by atoms with van der Waals surface area (Å²) in [6.07, 6.45) is 4.65. The summed E-state index contributed by atoms with van der Waals surface area (Å²) in [6.45, 7) is 2.53. The van der Waals surface area contributed by atoms with Gasteiger partial charge in [-0.05, 0) is 43.2 Å². The Hall–Kier alpha value is -4.67. The van der Waals surface area contributed by atoms with Gasteiger partial charge in [0.25, 0.3) is 5.88 Å². The molecule has 2 aliphatic heterocycles. The molecule has 2 atom stereocenters. The second kappa shape index (κ2) is 12.1. The number of esters is 1. The number of nitrogens with zero attached hydrogens (tertiary/aromatic N) is 6. The van der Waals surface area contributed by atoms with Crippen LogP contribution >= 0.6 is 0 Å². The van der Waals surface area contributed by atoms with Gasteiger partial charge >= 0.3 is 5.97 Å². The first-order valence-corrected chi connectivity index (χ1v) is 13.5. The fourth-order valence-electron chi connectivity index (χ4n) is 4.86. The van der Waals surface area contributed by atoms with E-state index in [0.717, 1.165) is 42.7 Å². The lowest BCUT2D eigenvalue weighted by atomic mass is 10.1. The molecule has 0 spiro atoms. The molecule has 0 unspecified atom stereocenters. The molecule has 0 aliphatic carbocycles. The Morgan fingerprint density at radius 1 is 1.17 bits per heavy atom. The third-order valence-corrected chi connectivity index (χ3v) is 7.29. The van der Waals surface area contributed by atoms with Gasteiger partial charge in [0.1, 0.15) is 19.2 Å². The molecule has 216 valence electrons. The van der Waals surface area contributed by atoms with Crippen molar-refractivity contribution < 1.29 is 27.8 Å². The zero-order valence-electron chi connectivity index (χ0n) is 22.5. The molecule has 4 heterocycles. The van der Waals surface area contributed by atoms with Gasteiger partial charge in [-0.25, -0.2) is 19.2 Å². The van der Waals surface area contributed by atoms with Crippen LogP contribution in [0.25, 0.3) is 11.0 Å². The average molecular weight is 576 g/mol. The molecule has 2 aromatic heterocycles. The van der Waals surface area contributed by atoms with E-state index in [1.165, 1.54) is 12.1 Å². The third kappa shape index (κ3) is 6.14. The Labute approximate surface area is 239 Å². The number of benzene rings is 2. The smallest absolute Gasteiger partial charge is 0.339 e. The van der Waals surface area contributed by atoms with Crippen molar-refractivity contribution in [3.05, 3.63) is 77.2 Å². The number of hydrogen-bond acceptors (Lipinski definition) is 10. The predicted molar refractivity (Wildman–Crippen MR) is 145 cm³/mol. The summed E-state index contributed by atoms with van der Waals surface area (Å²) in [6, 6.07) is 11.0. The summed E-state index contributed by atoms with van der Waals surface area (Å²) in [5, 5.41) is 12.0. The molecule has 1 N–H and O–H groups in total. The first kappa shape index (κ1) is 27.5. The predicted octanol–water partition coefficient (Wildman–Crippen LogP) is 3.64. The summed E-state index contributed by atoms with van der Waals surface area (Å²) in [5.74, 6) is -2.00. The molecule has 0 saturated carbocycles. The van der Waals surface area contributed by atoms with Gasteiger partial charge in [0.15, 0.2) is 0 Å². The van der Waals surface area contributed by atoms with Gasteiger partial charge in [-0.1, -0.05) is 6.07 Å². The van der Waals surface area contributed by atoms with Crippen LogP contribution in [0.2, 0.25) is 0 Å². The molecule has 2 aromatic carbocycles. The highest BCUT2D eigenvalue weighted by atomic mass is 19.1. The molecule has 0 bridgehead atoms. The highest BCUT2D eigenvalue weighted by molar-refractivity contribution is 5.93. The van der Waals surface area contributed by atoms with Gasteiger partial charge in [-0.15, -0.1) is 0 Å². The quantitative estimate of drug-likeness (QED) is 0.280. The first-order chi connectivity index (χ1) is 20.4. The zero-order chi connectivity index (χ0) is 29.1. The minimum Gasteiger partial charge on any atom is -0.470 e. The van der Waals surface area contributed by atoms with Crippen molar-refractivity contribution in [1.82, 2.24) is 24.4 Å². The van der Waals surface area contributed by atoms with E-state index in [-0.39, 0.29) is 48.4 Å². The normalized spacial score (nSPS) is 18.4. The molecule has 11 nitrogen and oxygen atoms in total. The molecule has 0 amide bonds. The fourth-order valence-corrected chi connectivity index (χ4v) is 4.86. The molecule has 13 heteroatoms. The maximum atomic E-state index is 14.3. The van der Waals surface area contributed by atoms with E-state index in [4.69, 9.17) is 19.5 Å². The van der Waals surface area contributed by atoms with Crippen molar-refractivity contribution in [2.45, 2.75) is 38.1 Å². The number of nitriles is 1. The third-order valence-electron chi connectivity index (χ3n) is 7.29. The maximum Gasteiger partial charge on any atom is 0.339 e. The van der Waals surface area contributed by atoms with Crippen LogP contribution in [0.15, 0.2) is 48.9 Å². The zero-order valence-corrected chi connectivity index (χ0v) is 22.5. The number of aromatic nitrogens is 4. The number of carbonyl (C=O) groups excluding carboxylic acids is 1. The van der Waals surface area contributed by atoms with Gasteiger partial charge < -0.3 is 24.1 Å². The fraction of sp³-hybridized carbons (Fsp3) is 0.345. The van der Waals surface area contributed by atoms with E-state index in [9.17, 15) is 13.6 Å². The Morgan fingerprint density at radius 3 is 2.83 bits per heavy atom. The standard InChI is InChI=1S/C29H27F2N7O4/c30-23-9-18(11-32)1-2-20(23)15-41-27-24(31)12-33-29(36-27)35-21-5-7-37(13-21)17-42-28(39)19-3-4-25-26(10-19)38(16-34-25)14-22-6-8-40-22/h1-4,9-10,12,16,21-22H,5-8,13-15,17H2,(H,33,35,36)/t21-,22+/m1/s1. The Bertz CT molecular complexity index is 1650. The van der Waals surface area contributed by atoms with E-state index < -0.39 is 17.6 Å². The number of anilines is 1. The van der Waals surface area contributed by atoms with Crippen LogP contribution in [-0.4, -0.2) is 69.0 Å². The summed E-state index contributed by atoms with van der Waals surface area (Å²) in [7, 11) is 0. The molecule has 2 saturated heterocycles. The number of carbonyl (C=O) groups is 1. The molecule has 6 rings (SSSR count). The highest BCUT2D eigenvalue weighted by Crippen LogP contribution is 2.22. The summed E-state index contributed by atoms with van der Waals surface area (Å²) in [5.41, 5.74) is 2.45. The summed E-state index contributed by atoms with van der Waals surface area (Å²) in [4.78, 5) is 27.3. The van der Waals surface area contributed by atoms with Gasteiger partial charge in [0, 0.05) is 31.3 Å². The number of fused-ring (bicyclic) bond motifs is 1. The largest absolute Gasteiger partial charge is 0.470 e. The number of rotatable bonds is 10. The highest BCUT2D eigenvalue weighted by Gasteiger charge is 2.25. The van der Waals surface area contributed by atoms with E-state index >= 15 is 0 Å². The van der Waals surface area contributed by atoms with Gasteiger partial charge in [0.05, 0.1) is 53.4 Å². The Kier molecular flexibility index (Phi) is 7.89. The molecular weight excluding hydrogens is 548 g/mol. The van der Waals surface area contributed by atoms with Crippen molar-refractivity contribution in [1.29, 1.82) is 5.26 Å². The van der Waals surface area contributed by atoms with E-state index in [2.05, 4.69) is 20.3 Å². The van der Waals surface area contributed by atoms with E-state index in [1.54, 1.807) is 24.5 Å². The van der Waals surface area contributed by atoms with Crippen molar-refractivity contribution in [3.63, 3.8) is 0 Å². The summed E-state index contributed by atoms with van der Waals surface area (Å²) >= 11 is 0. The van der Waals surface area contributed by atoms with Crippen LogP contribution in [0, 0.1) is 23.0 Å².